The van der Waals surface area contributed by atoms with Crippen molar-refractivity contribution < 1.29 is 19.2 Å². The van der Waals surface area contributed by atoms with Gasteiger partial charge in [0.15, 0.2) is 0 Å². The largest absolute Gasteiger partial charge is 0.366 e. The van der Waals surface area contributed by atoms with Crippen molar-refractivity contribution in [1.82, 2.24) is 4.90 Å². The van der Waals surface area contributed by atoms with E-state index in [0.717, 1.165) is 32.1 Å². The van der Waals surface area contributed by atoms with Crippen LogP contribution in [0, 0.1) is 6.92 Å². The van der Waals surface area contributed by atoms with Crippen LogP contribution in [0.4, 0.5) is 5.69 Å². The molecule has 2 aromatic carbocycles. The first-order chi connectivity index (χ1) is 14.4. The summed E-state index contributed by atoms with van der Waals surface area (Å²) < 4.78 is 0. The molecule has 1 aliphatic heterocycles. The first-order valence-electron chi connectivity index (χ1n) is 10.1. The van der Waals surface area contributed by atoms with E-state index in [1.165, 1.54) is 11.0 Å². The summed E-state index contributed by atoms with van der Waals surface area (Å²) in [5.74, 6) is -1.53. The quantitative estimate of drug-likeness (QED) is 0.761. The number of nitrogens with one attached hydrogen (secondary N) is 1. The molecule has 0 spiro atoms. The van der Waals surface area contributed by atoms with Gasteiger partial charge in [-0.05, 0) is 61.7 Å². The number of carbonyl (C=O) groups excluding carboxylic acids is 4. The van der Waals surface area contributed by atoms with Crippen molar-refractivity contribution in [2.24, 2.45) is 5.73 Å². The summed E-state index contributed by atoms with van der Waals surface area (Å²) in [6.07, 6.45) is 4.82. The molecule has 2 aromatic rings. The van der Waals surface area contributed by atoms with E-state index in [2.05, 4.69) is 5.32 Å². The number of hydrogen-bond donors (Lipinski definition) is 2. The second-order valence-corrected chi connectivity index (χ2v) is 7.88. The predicted octanol–water partition coefficient (Wildman–Crippen LogP) is 3.27. The van der Waals surface area contributed by atoms with Crippen LogP contribution in [0.2, 0.25) is 0 Å². The Labute approximate surface area is 174 Å². The fourth-order valence-corrected chi connectivity index (χ4v) is 4.29. The van der Waals surface area contributed by atoms with Gasteiger partial charge in [-0.3, -0.25) is 24.1 Å². The molecule has 2 aliphatic rings. The molecule has 1 fully saturated rings. The average molecular weight is 405 g/mol. The number of rotatable bonds is 4. The summed E-state index contributed by atoms with van der Waals surface area (Å²) in [6.45, 7) is 1.73. The van der Waals surface area contributed by atoms with Crippen molar-refractivity contribution in [2.45, 2.75) is 45.1 Å². The number of benzene rings is 2. The van der Waals surface area contributed by atoms with Crippen LogP contribution in [-0.4, -0.2) is 34.6 Å². The Morgan fingerprint density at radius 3 is 2.33 bits per heavy atom. The van der Waals surface area contributed by atoms with Gasteiger partial charge in [-0.1, -0.05) is 19.3 Å². The number of hydrogen-bond acceptors (Lipinski definition) is 4. The third-order valence-electron chi connectivity index (χ3n) is 5.87. The van der Waals surface area contributed by atoms with Crippen LogP contribution in [0.1, 0.15) is 79.1 Å². The first kappa shape index (κ1) is 19.8. The van der Waals surface area contributed by atoms with Gasteiger partial charge >= 0.3 is 0 Å². The molecule has 3 N–H and O–H groups in total. The maximum atomic E-state index is 12.9. The van der Waals surface area contributed by atoms with Crippen LogP contribution < -0.4 is 11.1 Å². The molecule has 1 saturated carbocycles. The van der Waals surface area contributed by atoms with E-state index in [1.807, 2.05) is 0 Å². The number of primary amides is 1. The van der Waals surface area contributed by atoms with E-state index in [-0.39, 0.29) is 29.0 Å². The highest BCUT2D eigenvalue weighted by atomic mass is 16.2. The molecule has 0 atom stereocenters. The molecular formula is C23H23N3O4. The number of aryl methyl sites for hydroxylation is 1. The predicted molar refractivity (Wildman–Crippen MR) is 111 cm³/mol. The van der Waals surface area contributed by atoms with E-state index < -0.39 is 11.8 Å². The van der Waals surface area contributed by atoms with Crippen LogP contribution in [0.25, 0.3) is 0 Å². The summed E-state index contributed by atoms with van der Waals surface area (Å²) in [5.41, 5.74) is 7.77. The standard InChI is InChI=1S/C23H23N3O4/c1-13-11-15(8-10-17(13)20(24)27)25-21(28)14-7-9-18-19(12-14)23(30)26(22(18)29)16-5-3-2-4-6-16/h7-12,16H,2-6H2,1H3,(H2,24,27)(H,25,28). The number of anilines is 1. The van der Waals surface area contributed by atoms with Crippen LogP contribution in [0.3, 0.4) is 0 Å². The highest BCUT2D eigenvalue weighted by Gasteiger charge is 2.40. The van der Waals surface area contributed by atoms with E-state index in [9.17, 15) is 19.2 Å². The number of imide groups is 1. The van der Waals surface area contributed by atoms with Gasteiger partial charge in [-0.25, -0.2) is 0 Å². The Kier molecular flexibility index (Phi) is 5.11. The third-order valence-corrected chi connectivity index (χ3v) is 5.87. The lowest BCUT2D eigenvalue weighted by molar-refractivity contribution is 0.0548. The molecule has 154 valence electrons. The van der Waals surface area contributed by atoms with Crippen molar-refractivity contribution in [3.8, 4) is 0 Å². The van der Waals surface area contributed by atoms with Gasteiger partial charge in [0.2, 0.25) is 5.91 Å². The number of amides is 4. The Morgan fingerprint density at radius 2 is 1.67 bits per heavy atom. The van der Waals surface area contributed by atoms with E-state index in [0.29, 0.717) is 22.4 Å². The molecule has 0 aromatic heterocycles. The van der Waals surface area contributed by atoms with Crippen LogP contribution in [0.5, 0.6) is 0 Å². The summed E-state index contributed by atoms with van der Waals surface area (Å²) in [7, 11) is 0. The van der Waals surface area contributed by atoms with E-state index >= 15 is 0 Å². The van der Waals surface area contributed by atoms with E-state index in [1.54, 1.807) is 37.3 Å². The lowest BCUT2D eigenvalue weighted by Gasteiger charge is -2.29. The molecule has 0 bridgehead atoms. The molecule has 1 aliphatic carbocycles. The molecule has 7 nitrogen and oxygen atoms in total. The van der Waals surface area contributed by atoms with Crippen molar-refractivity contribution in [3.05, 3.63) is 64.2 Å². The zero-order valence-electron chi connectivity index (χ0n) is 16.7. The molecular weight excluding hydrogens is 382 g/mol. The average Bonchev–Trinajstić information content (AvgIpc) is 2.98. The molecule has 4 rings (SSSR count). The summed E-state index contributed by atoms with van der Waals surface area (Å²) in [6, 6.07) is 9.33. The third kappa shape index (κ3) is 3.47. The van der Waals surface area contributed by atoms with Crippen LogP contribution in [0.15, 0.2) is 36.4 Å². The fraction of sp³-hybridized carbons (Fsp3) is 0.304. The molecule has 7 heteroatoms. The SMILES string of the molecule is Cc1cc(NC(=O)c2ccc3c(c2)C(=O)N(C2CCCCC2)C3=O)ccc1C(N)=O. The molecule has 30 heavy (non-hydrogen) atoms. The highest BCUT2D eigenvalue weighted by Crippen LogP contribution is 2.31. The minimum absolute atomic E-state index is 0.0600. The Hall–Kier alpha value is -3.48. The number of nitrogens with zero attached hydrogens (tertiary/aromatic N) is 1. The van der Waals surface area contributed by atoms with Gasteiger partial charge in [-0.15, -0.1) is 0 Å². The van der Waals surface area contributed by atoms with Gasteiger partial charge in [0.05, 0.1) is 11.1 Å². The minimum atomic E-state index is -0.533. The number of nitrogens with two attached hydrogens (primary N) is 1. The van der Waals surface area contributed by atoms with Crippen molar-refractivity contribution in [2.75, 3.05) is 5.32 Å². The Balaban J connectivity index is 1.55. The smallest absolute Gasteiger partial charge is 0.261 e. The van der Waals surface area contributed by atoms with Gasteiger partial charge in [0.25, 0.3) is 17.7 Å². The minimum Gasteiger partial charge on any atom is -0.366 e. The number of fused-ring (bicyclic) bond motifs is 1. The molecule has 0 radical (unpaired) electrons. The zero-order valence-corrected chi connectivity index (χ0v) is 16.7. The maximum Gasteiger partial charge on any atom is 0.261 e. The second-order valence-electron chi connectivity index (χ2n) is 7.88. The number of carbonyl (C=O) groups is 4. The zero-order chi connectivity index (χ0) is 21.4. The van der Waals surface area contributed by atoms with Crippen LogP contribution in [-0.2, 0) is 0 Å². The normalized spacial score (nSPS) is 16.5. The van der Waals surface area contributed by atoms with Gasteiger partial charge in [-0.2, -0.15) is 0 Å². The Morgan fingerprint density at radius 1 is 0.967 bits per heavy atom. The monoisotopic (exact) mass is 405 g/mol. The Bertz CT molecular complexity index is 1070. The maximum absolute atomic E-state index is 12.9. The first-order valence-corrected chi connectivity index (χ1v) is 10.1. The van der Waals surface area contributed by atoms with Crippen LogP contribution >= 0.6 is 0 Å². The molecule has 1 heterocycles. The second kappa shape index (κ2) is 7.74. The highest BCUT2D eigenvalue weighted by molar-refractivity contribution is 6.22. The van der Waals surface area contributed by atoms with Gasteiger partial charge in [0, 0.05) is 22.9 Å². The summed E-state index contributed by atoms with van der Waals surface area (Å²) in [5, 5.41) is 2.76. The van der Waals surface area contributed by atoms with Crippen molar-refractivity contribution in [1.29, 1.82) is 0 Å². The lowest BCUT2D eigenvalue weighted by Crippen LogP contribution is -2.40. The topological polar surface area (TPSA) is 110 Å². The molecule has 4 amide bonds. The summed E-state index contributed by atoms with van der Waals surface area (Å²) in [4.78, 5) is 51.1. The fourth-order valence-electron chi connectivity index (χ4n) is 4.29. The molecule has 0 saturated heterocycles. The lowest BCUT2D eigenvalue weighted by atomic mass is 9.94. The van der Waals surface area contributed by atoms with Gasteiger partial charge < -0.3 is 11.1 Å². The van der Waals surface area contributed by atoms with Gasteiger partial charge in [0.1, 0.15) is 0 Å². The van der Waals surface area contributed by atoms with Crippen molar-refractivity contribution in [3.63, 3.8) is 0 Å². The van der Waals surface area contributed by atoms with E-state index in [4.69, 9.17) is 5.73 Å². The summed E-state index contributed by atoms with van der Waals surface area (Å²) >= 11 is 0. The molecule has 0 unspecified atom stereocenters. The van der Waals surface area contributed by atoms with Crippen molar-refractivity contribution >= 4 is 29.3 Å².